The van der Waals surface area contributed by atoms with Gasteiger partial charge in [0.1, 0.15) is 0 Å². The number of nitrogens with one attached hydrogen (secondary N) is 2. The lowest BCUT2D eigenvalue weighted by Gasteiger charge is -2.36. The van der Waals surface area contributed by atoms with E-state index in [1.54, 1.807) is 0 Å². The van der Waals surface area contributed by atoms with Crippen LogP contribution in [0, 0.1) is 0 Å². The summed E-state index contributed by atoms with van der Waals surface area (Å²) in [6, 6.07) is 0.287. The molecular weight excluding hydrogens is 176 g/mol. The molecule has 0 aromatic rings. The molecule has 1 saturated heterocycles. The standard InChI is InChI=1S/C11H24N2O/c1-3-12-9-7-11(2,14)10-6-4-5-8-13-10/h10,12-14H,3-9H2,1-2H3. The van der Waals surface area contributed by atoms with Gasteiger partial charge in [0, 0.05) is 6.04 Å². The second-order valence-electron chi connectivity index (χ2n) is 4.46. The summed E-state index contributed by atoms with van der Waals surface area (Å²) in [4.78, 5) is 0. The number of aliphatic hydroxyl groups is 1. The molecule has 2 unspecified atom stereocenters. The number of hydrogen-bond donors (Lipinski definition) is 3. The first-order chi connectivity index (χ1) is 6.67. The van der Waals surface area contributed by atoms with Crippen molar-refractivity contribution >= 4 is 0 Å². The third-order valence-corrected chi connectivity index (χ3v) is 3.12. The first-order valence-electron chi connectivity index (χ1n) is 5.83. The molecule has 1 heterocycles. The molecule has 1 aliphatic heterocycles. The van der Waals surface area contributed by atoms with Crippen molar-refractivity contribution in [3.8, 4) is 0 Å². The zero-order chi connectivity index (χ0) is 10.4. The highest BCUT2D eigenvalue weighted by Gasteiger charge is 2.31. The summed E-state index contributed by atoms with van der Waals surface area (Å²) in [6.45, 7) is 6.98. The molecular formula is C11H24N2O. The van der Waals surface area contributed by atoms with Gasteiger partial charge in [0.15, 0.2) is 0 Å². The Morgan fingerprint density at radius 3 is 2.86 bits per heavy atom. The van der Waals surface area contributed by atoms with Crippen molar-refractivity contribution in [1.29, 1.82) is 0 Å². The molecule has 0 aliphatic carbocycles. The van der Waals surface area contributed by atoms with Crippen LogP contribution in [-0.4, -0.2) is 36.4 Å². The molecule has 3 nitrogen and oxygen atoms in total. The fraction of sp³-hybridized carbons (Fsp3) is 1.00. The van der Waals surface area contributed by atoms with Crippen molar-refractivity contribution in [3.63, 3.8) is 0 Å². The van der Waals surface area contributed by atoms with Crippen LogP contribution >= 0.6 is 0 Å². The minimum absolute atomic E-state index is 0.287. The highest BCUT2D eigenvalue weighted by molar-refractivity contribution is 4.90. The second kappa shape index (κ2) is 5.69. The van der Waals surface area contributed by atoms with Gasteiger partial charge in [0.25, 0.3) is 0 Å². The normalized spacial score (nSPS) is 27.2. The van der Waals surface area contributed by atoms with Crippen LogP contribution < -0.4 is 10.6 Å². The van der Waals surface area contributed by atoms with Crippen LogP contribution in [0.5, 0.6) is 0 Å². The summed E-state index contributed by atoms with van der Waals surface area (Å²) in [5, 5.41) is 16.9. The lowest BCUT2D eigenvalue weighted by Crippen LogP contribution is -2.52. The lowest BCUT2D eigenvalue weighted by atomic mass is 9.87. The van der Waals surface area contributed by atoms with Gasteiger partial charge in [-0.1, -0.05) is 13.3 Å². The lowest BCUT2D eigenvalue weighted by molar-refractivity contribution is 0.00295. The molecule has 1 rings (SSSR count). The average molecular weight is 200 g/mol. The molecule has 0 bridgehead atoms. The maximum absolute atomic E-state index is 10.3. The van der Waals surface area contributed by atoms with Crippen LogP contribution in [0.1, 0.15) is 39.5 Å². The fourth-order valence-corrected chi connectivity index (χ4v) is 2.08. The van der Waals surface area contributed by atoms with Crippen molar-refractivity contribution in [2.24, 2.45) is 0 Å². The SMILES string of the molecule is CCNCCC(C)(O)C1CCCCN1. The molecule has 1 aliphatic rings. The molecule has 14 heavy (non-hydrogen) atoms. The van der Waals surface area contributed by atoms with Gasteiger partial charge in [-0.2, -0.15) is 0 Å². The molecule has 84 valence electrons. The second-order valence-corrected chi connectivity index (χ2v) is 4.46. The Morgan fingerprint density at radius 2 is 2.29 bits per heavy atom. The minimum Gasteiger partial charge on any atom is -0.389 e. The Hall–Kier alpha value is -0.120. The van der Waals surface area contributed by atoms with E-state index in [-0.39, 0.29) is 6.04 Å². The van der Waals surface area contributed by atoms with E-state index < -0.39 is 5.60 Å². The molecule has 3 heteroatoms. The highest BCUT2D eigenvalue weighted by Crippen LogP contribution is 2.21. The van der Waals surface area contributed by atoms with Crippen molar-refractivity contribution in [2.45, 2.75) is 51.2 Å². The van der Waals surface area contributed by atoms with E-state index in [4.69, 9.17) is 0 Å². The maximum atomic E-state index is 10.3. The van der Waals surface area contributed by atoms with E-state index in [2.05, 4.69) is 17.6 Å². The third kappa shape index (κ3) is 3.56. The van der Waals surface area contributed by atoms with Gasteiger partial charge in [-0.15, -0.1) is 0 Å². The molecule has 0 radical (unpaired) electrons. The van der Waals surface area contributed by atoms with Crippen LogP contribution in [0.3, 0.4) is 0 Å². The summed E-state index contributed by atoms with van der Waals surface area (Å²) in [6.07, 6.45) is 4.44. The van der Waals surface area contributed by atoms with Gasteiger partial charge in [-0.25, -0.2) is 0 Å². The topological polar surface area (TPSA) is 44.3 Å². The Balaban J connectivity index is 2.29. The Labute approximate surface area is 87.3 Å². The predicted molar refractivity (Wildman–Crippen MR) is 59.4 cm³/mol. The van der Waals surface area contributed by atoms with Gasteiger partial charge in [0.2, 0.25) is 0 Å². The van der Waals surface area contributed by atoms with Crippen molar-refractivity contribution in [1.82, 2.24) is 10.6 Å². The molecule has 0 spiro atoms. The molecule has 3 N–H and O–H groups in total. The minimum atomic E-state index is -0.553. The summed E-state index contributed by atoms with van der Waals surface area (Å²) in [5.74, 6) is 0. The fourth-order valence-electron chi connectivity index (χ4n) is 2.08. The van der Waals surface area contributed by atoms with Crippen LogP contribution in [0.25, 0.3) is 0 Å². The zero-order valence-electron chi connectivity index (χ0n) is 9.47. The van der Waals surface area contributed by atoms with Crippen molar-refractivity contribution in [2.75, 3.05) is 19.6 Å². The number of rotatable bonds is 5. The monoisotopic (exact) mass is 200 g/mol. The largest absolute Gasteiger partial charge is 0.389 e. The average Bonchev–Trinajstić information content (AvgIpc) is 2.19. The molecule has 0 amide bonds. The quantitative estimate of drug-likeness (QED) is 0.577. The van der Waals surface area contributed by atoms with E-state index in [0.717, 1.165) is 32.5 Å². The molecule has 0 saturated carbocycles. The molecule has 2 atom stereocenters. The Bertz CT molecular complexity index is 153. The first-order valence-corrected chi connectivity index (χ1v) is 5.83. The highest BCUT2D eigenvalue weighted by atomic mass is 16.3. The zero-order valence-corrected chi connectivity index (χ0v) is 9.47. The number of hydrogen-bond acceptors (Lipinski definition) is 3. The Kier molecular flexibility index (Phi) is 4.85. The van der Waals surface area contributed by atoms with Crippen LogP contribution in [-0.2, 0) is 0 Å². The molecule has 0 aromatic carbocycles. The van der Waals surface area contributed by atoms with E-state index in [9.17, 15) is 5.11 Å². The van der Waals surface area contributed by atoms with Gasteiger partial charge < -0.3 is 15.7 Å². The van der Waals surface area contributed by atoms with Gasteiger partial charge in [-0.05, 0) is 45.8 Å². The van der Waals surface area contributed by atoms with Crippen molar-refractivity contribution < 1.29 is 5.11 Å². The van der Waals surface area contributed by atoms with Gasteiger partial charge in [-0.3, -0.25) is 0 Å². The van der Waals surface area contributed by atoms with E-state index in [1.165, 1.54) is 12.8 Å². The number of piperidine rings is 1. The van der Waals surface area contributed by atoms with Crippen LogP contribution in [0.15, 0.2) is 0 Å². The van der Waals surface area contributed by atoms with Crippen LogP contribution in [0.4, 0.5) is 0 Å². The third-order valence-electron chi connectivity index (χ3n) is 3.12. The van der Waals surface area contributed by atoms with E-state index in [1.807, 2.05) is 6.92 Å². The Morgan fingerprint density at radius 1 is 1.50 bits per heavy atom. The maximum Gasteiger partial charge on any atom is 0.0784 e. The van der Waals surface area contributed by atoms with Crippen molar-refractivity contribution in [3.05, 3.63) is 0 Å². The summed E-state index contributed by atoms with van der Waals surface area (Å²) < 4.78 is 0. The van der Waals surface area contributed by atoms with E-state index >= 15 is 0 Å². The first kappa shape index (κ1) is 12.0. The summed E-state index contributed by atoms with van der Waals surface area (Å²) in [7, 11) is 0. The molecule has 0 aromatic heterocycles. The summed E-state index contributed by atoms with van der Waals surface area (Å²) >= 11 is 0. The van der Waals surface area contributed by atoms with Gasteiger partial charge >= 0.3 is 0 Å². The smallest absolute Gasteiger partial charge is 0.0784 e. The molecule has 1 fully saturated rings. The van der Waals surface area contributed by atoms with Gasteiger partial charge in [0.05, 0.1) is 5.60 Å². The summed E-state index contributed by atoms with van der Waals surface area (Å²) in [5.41, 5.74) is -0.553. The van der Waals surface area contributed by atoms with Crippen LogP contribution in [0.2, 0.25) is 0 Å². The van der Waals surface area contributed by atoms with E-state index in [0.29, 0.717) is 0 Å². The predicted octanol–water partition coefficient (Wildman–Crippen LogP) is 0.879.